The molecule has 0 radical (unpaired) electrons. The van der Waals surface area contributed by atoms with Crippen molar-refractivity contribution in [2.45, 2.75) is 6.54 Å². The number of thiophene rings is 1. The van der Waals surface area contributed by atoms with Crippen LogP contribution in [-0.4, -0.2) is 0 Å². The quantitative estimate of drug-likeness (QED) is 0.772. The monoisotopic (exact) mass is 337 g/mol. The number of hydrogen-bond acceptors (Lipinski definition) is 2. The van der Waals surface area contributed by atoms with Crippen molar-refractivity contribution >= 4 is 44.6 Å². The van der Waals surface area contributed by atoms with Gasteiger partial charge in [0.1, 0.15) is 11.6 Å². The first-order valence-electron chi connectivity index (χ1n) is 4.69. The van der Waals surface area contributed by atoms with Crippen LogP contribution in [0.25, 0.3) is 0 Å². The Morgan fingerprint density at radius 3 is 2.65 bits per heavy atom. The van der Waals surface area contributed by atoms with Crippen LogP contribution in [0.2, 0.25) is 4.34 Å². The average molecular weight is 339 g/mol. The molecule has 0 saturated carbocycles. The van der Waals surface area contributed by atoms with Crippen molar-refractivity contribution in [2.24, 2.45) is 0 Å². The molecular weight excluding hydrogens is 332 g/mol. The van der Waals surface area contributed by atoms with Gasteiger partial charge >= 0.3 is 0 Å². The summed E-state index contributed by atoms with van der Waals surface area (Å²) in [7, 11) is 0. The van der Waals surface area contributed by atoms with Crippen LogP contribution < -0.4 is 5.32 Å². The Labute approximate surface area is 115 Å². The minimum Gasteiger partial charge on any atom is -0.378 e. The van der Waals surface area contributed by atoms with Crippen molar-refractivity contribution in [3.63, 3.8) is 0 Å². The lowest BCUT2D eigenvalue weighted by Gasteiger charge is -2.07. The molecule has 0 unspecified atom stereocenters. The lowest BCUT2D eigenvalue weighted by atomic mass is 10.3. The predicted octanol–water partition coefficient (Wildman–Crippen LogP) is 5.05. The zero-order chi connectivity index (χ0) is 12.4. The number of hydrogen-bond donors (Lipinski definition) is 1. The van der Waals surface area contributed by atoms with E-state index in [9.17, 15) is 8.78 Å². The van der Waals surface area contributed by atoms with E-state index in [4.69, 9.17) is 11.6 Å². The van der Waals surface area contributed by atoms with Gasteiger partial charge in [-0.25, -0.2) is 8.78 Å². The highest BCUT2D eigenvalue weighted by molar-refractivity contribution is 9.10. The summed E-state index contributed by atoms with van der Waals surface area (Å²) in [6, 6.07) is 5.85. The molecule has 6 heteroatoms. The number of nitrogens with one attached hydrogen (secondary N) is 1. The highest BCUT2D eigenvalue weighted by Gasteiger charge is 2.08. The fourth-order valence-corrected chi connectivity index (χ4v) is 2.66. The van der Waals surface area contributed by atoms with Gasteiger partial charge in [-0.15, -0.1) is 11.3 Å². The van der Waals surface area contributed by atoms with Gasteiger partial charge in [0.2, 0.25) is 0 Å². The molecule has 17 heavy (non-hydrogen) atoms. The first kappa shape index (κ1) is 12.8. The fourth-order valence-electron chi connectivity index (χ4n) is 1.29. The van der Waals surface area contributed by atoms with Crippen molar-refractivity contribution < 1.29 is 8.78 Å². The van der Waals surface area contributed by atoms with Gasteiger partial charge in [0.25, 0.3) is 0 Å². The normalized spacial score (nSPS) is 10.6. The van der Waals surface area contributed by atoms with Gasteiger partial charge in [-0.3, -0.25) is 0 Å². The van der Waals surface area contributed by atoms with Gasteiger partial charge < -0.3 is 5.32 Å². The van der Waals surface area contributed by atoms with E-state index in [0.29, 0.717) is 10.9 Å². The van der Waals surface area contributed by atoms with Crippen LogP contribution in [0.5, 0.6) is 0 Å². The van der Waals surface area contributed by atoms with Crippen molar-refractivity contribution in [1.29, 1.82) is 0 Å². The van der Waals surface area contributed by atoms with Gasteiger partial charge in [0.05, 0.1) is 14.5 Å². The minimum atomic E-state index is -0.618. The Hall–Kier alpha value is -0.650. The lowest BCUT2D eigenvalue weighted by Crippen LogP contribution is -2.00. The molecule has 1 heterocycles. The Balaban J connectivity index is 2.11. The molecule has 0 aliphatic heterocycles. The van der Waals surface area contributed by atoms with Gasteiger partial charge in [-0.2, -0.15) is 0 Å². The molecule has 1 aromatic heterocycles. The van der Waals surface area contributed by atoms with E-state index in [0.717, 1.165) is 10.9 Å². The summed E-state index contributed by atoms with van der Waals surface area (Å²) in [5, 5.41) is 2.89. The predicted molar refractivity (Wildman–Crippen MR) is 70.7 cm³/mol. The van der Waals surface area contributed by atoms with Crippen molar-refractivity contribution in [2.75, 3.05) is 5.32 Å². The average Bonchev–Trinajstić information content (AvgIpc) is 2.68. The van der Waals surface area contributed by atoms with E-state index in [-0.39, 0.29) is 10.2 Å². The standard InChI is InChI=1S/C11H7BrClF2NS/c12-7-3-10(9(15)4-8(7)14)16-5-6-1-2-11(13)17-6/h1-4,16H,5H2. The highest BCUT2D eigenvalue weighted by Crippen LogP contribution is 2.26. The molecule has 0 fully saturated rings. The summed E-state index contributed by atoms with van der Waals surface area (Å²) in [5.41, 5.74) is 0.253. The van der Waals surface area contributed by atoms with E-state index in [1.165, 1.54) is 17.4 Å². The number of rotatable bonds is 3. The summed E-state index contributed by atoms with van der Waals surface area (Å²) in [6.45, 7) is 0.451. The maximum Gasteiger partial charge on any atom is 0.149 e. The van der Waals surface area contributed by atoms with Gasteiger partial charge in [-0.05, 0) is 34.1 Å². The molecule has 1 aromatic carbocycles. The third-order valence-electron chi connectivity index (χ3n) is 2.09. The minimum absolute atomic E-state index is 0.227. The van der Waals surface area contributed by atoms with E-state index >= 15 is 0 Å². The summed E-state index contributed by atoms with van der Waals surface area (Å²) in [6.07, 6.45) is 0. The molecular formula is C11H7BrClF2NS. The molecule has 0 spiro atoms. The molecule has 0 aliphatic rings. The first-order chi connectivity index (χ1) is 8.06. The first-order valence-corrected chi connectivity index (χ1v) is 6.67. The molecule has 90 valence electrons. The third-order valence-corrected chi connectivity index (χ3v) is 3.93. The summed E-state index contributed by atoms with van der Waals surface area (Å²) >= 11 is 10.2. The maximum absolute atomic E-state index is 13.4. The van der Waals surface area contributed by atoms with Crippen LogP contribution in [0, 0.1) is 11.6 Å². The van der Waals surface area contributed by atoms with E-state index < -0.39 is 11.6 Å². The molecule has 1 N–H and O–H groups in total. The largest absolute Gasteiger partial charge is 0.378 e. The number of halogens is 4. The van der Waals surface area contributed by atoms with Gasteiger partial charge in [0, 0.05) is 17.5 Å². The second kappa shape index (κ2) is 5.33. The molecule has 2 rings (SSSR count). The molecule has 0 bridgehead atoms. The van der Waals surface area contributed by atoms with Crippen LogP contribution in [0.15, 0.2) is 28.7 Å². The Bertz CT molecular complexity index is 544. The SMILES string of the molecule is Fc1cc(F)c(NCc2ccc(Cl)s2)cc1Br. The van der Waals surface area contributed by atoms with Crippen molar-refractivity contribution in [3.8, 4) is 0 Å². The van der Waals surface area contributed by atoms with Crippen LogP contribution >= 0.6 is 38.9 Å². The summed E-state index contributed by atoms with van der Waals surface area (Å²) < 4.78 is 27.3. The smallest absolute Gasteiger partial charge is 0.149 e. The van der Waals surface area contributed by atoms with Gasteiger partial charge in [0.15, 0.2) is 0 Å². The second-order valence-electron chi connectivity index (χ2n) is 3.31. The molecule has 1 nitrogen and oxygen atoms in total. The van der Waals surface area contributed by atoms with Crippen LogP contribution in [0.1, 0.15) is 4.88 Å². The maximum atomic E-state index is 13.4. The zero-order valence-electron chi connectivity index (χ0n) is 8.44. The van der Waals surface area contributed by atoms with Crippen molar-refractivity contribution in [1.82, 2.24) is 0 Å². The molecule has 0 amide bonds. The molecule has 0 saturated heterocycles. The molecule has 0 atom stereocenters. The van der Waals surface area contributed by atoms with Crippen LogP contribution in [0.4, 0.5) is 14.5 Å². The molecule has 0 aliphatic carbocycles. The summed E-state index contributed by atoms with van der Waals surface area (Å²) in [5.74, 6) is -1.24. The highest BCUT2D eigenvalue weighted by atomic mass is 79.9. The Morgan fingerprint density at radius 2 is 2.00 bits per heavy atom. The van der Waals surface area contributed by atoms with Crippen LogP contribution in [-0.2, 0) is 6.54 Å². The second-order valence-corrected chi connectivity index (χ2v) is 5.96. The van der Waals surface area contributed by atoms with E-state index in [1.54, 1.807) is 6.07 Å². The number of benzene rings is 1. The van der Waals surface area contributed by atoms with Crippen molar-refractivity contribution in [3.05, 3.63) is 49.6 Å². The van der Waals surface area contributed by atoms with E-state index in [1.807, 2.05) is 6.07 Å². The lowest BCUT2D eigenvalue weighted by molar-refractivity contribution is 0.580. The fraction of sp³-hybridized carbons (Fsp3) is 0.0909. The number of anilines is 1. The van der Waals surface area contributed by atoms with E-state index in [2.05, 4.69) is 21.2 Å². The van der Waals surface area contributed by atoms with Gasteiger partial charge in [-0.1, -0.05) is 11.6 Å². The third kappa shape index (κ3) is 3.18. The topological polar surface area (TPSA) is 12.0 Å². The Morgan fingerprint density at radius 1 is 1.24 bits per heavy atom. The Kier molecular flexibility index (Phi) is 4.01. The summed E-state index contributed by atoms with van der Waals surface area (Å²) in [4.78, 5) is 0.981. The van der Waals surface area contributed by atoms with Crippen LogP contribution in [0.3, 0.4) is 0 Å². The zero-order valence-corrected chi connectivity index (χ0v) is 11.6. The molecule has 2 aromatic rings.